The average molecular weight is 422 g/mol. The van der Waals surface area contributed by atoms with Crippen LogP contribution in [0.2, 0.25) is 0 Å². The number of anilines is 2. The Hall–Kier alpha value is -2.93. The van der Waals surface area contributed by atoms with E-state index < -0.39 is 0 Å². The van der Waals surface area contributed by atoms with E-state index in [1.807, 2.05) is 39.8 Å². The second kappa shape index (κ2) is 8.67. The molecule has 0 bridgehead atoms. The molecule has 7 nitrogen and oxygen atoms in total. The molecule has 3 aromatic rings. The number of amides is 1. The van der Waals surface area contributed by atoms with Crippen molar-refractivity contribution in [1.82, 2.24) is 15.0 Å². The molecule has 3 heterocycles. The predicted octanol–water partition coefficient (Wildman–Crippen LogP) is 4.36. The highest BCUT2D eigenvalue weighted by Crippen LogP contribution is 2.28. The molecule has 2 aromatic heterocycles. The number of hydrogen-bond acceptors (Lipinski definition) is 6. The largest absolute Gasteiger partial charge is 0.369 e. The van der Waals surface area contributed by atoms with Gasteiger partial charge in [0.1, 0.15) is 0 Å². The molecule has 0 atom stereocenters. The summed E-state index contributed by atoms with van der Waals surface area (Å²) in [5.41, 5.74) is 5.49. The summed E-state index contributed by atoms with van der Waals surface area (Å²) in [6, 6.07) is 8.10. The molecule has 31 heavy (non-hydrogen) atoms. The average Bonchev–Trinajstić information content (AvgIpc) is 3.15. The van der Waals surface area contributed by atoms with Crippen LogP contribution in [0.1, 0.15) is 54.0 Å². The number of nitrogens with zero attached hydrogens (tertiary/aromatic N) is 4. The SMILES string of the molecule is CCN1CCN(c2ccc(NC(=O)c3cc(C(C)C)nc4onc(C)c34)c(C)c2)CC1. The zero-order chi connectivity index (χ0) is 22.1. The third kappa shape index (κ3) is 4.28. The highest BCUT2D eigenvalue weighted by molar-refractivity contribution is 6.12. The summed E-state index contributed by atoms with van der Waals surface area (Å²) in [7, 11) is 0. The van der Waals surface area contributed by atoms with Gasteiger partial charge < -0.3 is 19.6 Å². The van der Waals surface area contributed by atoms with E-state index in [-0.39, 0.29) is 11.8 Å². The topological polar surface area (TPSA) is 74.5 Å². The number of hydrogen-bond donors (Lipinski definition) is 1. The maximum atomic E-state index is 13.2. The first kappa shape index (κ1) is 21.3. The van der Waals surface area contributed by atoms with Crippen molar-refractivity contribution >= 4 is 28.4 Å². The minimum Gasteiger partial charge on any atom is -0.369 e. The van der Waals surface area contributed by atoms with Crippen LogP contribution in [0.5, 0.6) is 0 Å². The van der Waals surface area contributed by atoms with E-state index in [0.717, 1.165) is 49.7 Å². The van der Waals surface area contributed by atoms with Gasteiger partial charge in [0.2, 0.25) is 0 Å². The first-order valence-corrected chi connectivity index (χ1v) is 11.0. The summed E-state index contributed by atoms with van der Waals surface area (Å²) in [4.78, 5) is 22.6. The smallest absolute Gasteiger partial charge is 0.259 e. The first-order chi connectivity index (χ1) is 14.9. The second-order valence-corrected chi connectivity index (χ2v) is 8.57. The lowest BCUT2D eigenvalue weighted by Gasteiger charge is -2.35. The second-order valence-electron chi connectivity index (χ2n) is 8.57. The fourth-order valence-electron chi connectivity index (χ4n) is 4.09. The fraction of sp³-hybridized carbons (Fsp3) is 0.458. The van der Waals surface area contributed by atoms with Crippen molar-refractivity contribution in [3.8, 4) is 0 Å². The molecule has 164 valence electrons. The van der Waals surface area contributed by atoms with Gasteiger partial charge in [0, 0.05) is 43.2 Å². The Morgan fingerprint density at radius 1 is 1.16 bits per heavy atom. The van der Waals surface area contributed by atoms with Gasteiger partial charge in [-0.05, 0) is 56.1 Å². The Kier molecular flexibility index (Phi) is 5.96. The van der Waals surface area contributed by atoms with Gasteiger partial charge in [0.25, 0.3) is 11.6 Å². The van der Waals surface area contributed by atoms with Gasteiger partial charge >= 0.3 is 0 Å². The summed E-state index contributed by atoms with van der Waals surface area (Å²) >= 11 is 0. The van der Waals surface area contributed by atoms with Gasteiger partial charge in [-0.2, -0.15) is 0 Å². The van der Waals surface area contributed by atoms with E-state index >= 15 is 0 Å². The van der Waals surface area contributed by atoms with Crippen molar-refractivity contribution in [3.05, 3.63) is 46.8 Å². The molecule has 4 rings (SSSR count). The summed E-state index contributed by atoms with van der Waals surface area (Å²) in [5.74, 6) is 0.00330. The summed E-state index contributed by atoms with van der Waals surface area (Å²) in [6.07, 6.45) is 0. The molecule has 0 unspecified atom stereocenters. The number of nitrogens with one attached hydrogen (secondary N) is 1. The molecule has 0 spiro atoms. The molecule has 1 aromatic carbocycles. The Balaban J connectivity index is 1.57. The number of fused-ring (bicyclic) bond motifs is 1. The maximum absolute atomic E-state index is 13.2. The minimum absolute atomic E-state index is 0.173. The molecule has 1 aliphatic heterocycles. The quantitative estimate of drug-likeness (QED) is 0.660. The Bertz CT molecular complexity index is 1100. The third-order valence-electron chi connectivity index (χ3n) is 6.12. The van der Waals surface area contributed by atoms with Crippen molar-refractivity contribution in [2.45, 2.75) is 40.5 Å². The molecule has 0 radical (unpaired) electrons. The van der Waals surface area contributed by atoms with Crippen molar-refractivity contribution in [3.63, 3.8) is 0 Å². The zero-order valence-electron chi connectivity index (χ0n) is 19.0. The van der Waals surface area contributed by atoms with Crippen molar-refractivity contribution in [1.29, 1.82) is 0 Å². The van der Waals surface area contributed by atoms with Crippen LogP contribution >= 0.6 is 0 Å². The number of piperazine rings is 1. The number of carbonyl (C=O) groups is 1. The van der Waals surface area contributed by atoms with E-state index in [0.29, 0.717) is 22.4 Å². The molecule has 7 heteroatoms. The number of benzene rings is 1. The molecular formula is C24H31N5O2. The molecule has 1 saturated heterocycles. The van der Waals surface area contributed by atoms with Crippen LogP contribution in [-0.4, -0.2) is 53.7 Å². The third-order valence-corrected chi connectivity index (χ3v) is 6.12. The standard InChI is InChI=1S/C24H31N5O2/c1-6-28-9-11-29(12-10-28)18-7-8-20(16(4)13-18)25-23(30)19-14-21(15(2)3)26-24-22(19)17(5)27-31-24/h7-8,13-15H,6,9-12H2,1-5H3,(H,25,30). The fourth-order valence-corrected chi connectivity index (χ4v) is 4.09. The molecule has 1 N–H and O–H groups in total. The predicted molar refractivity (Wildman–Crippen MR) is 124 cm³/mol. The van der Waals surface area contributed by atoms with Gasteiger partial charge in [0.05, 0.1) is 16.6 Å². The summed E-state index contributed by atoms with van der Waals surface area (Å²) < 4.78 is 5.35. The van der Waals surface area contributed by atoms with Crippen LogP contribution in [0.25, 0.3) is 11.1 Å². The molecule has 1 amide bonds. The lowest BCUT2D eigenvalue weighted by Crippen LogP contribution is -2.46. The normalized spacial score (nSPS) is 15.1. The van der Waals surface area contributed by atoms with Crippen LogP contribution in [0.15, 0.2) is 28.8 Å². The van der Waals surface area contributed by atoms with Crippen molar-refractivity contribution < 1.29 is 9.32 Å². The summed E-state index contributed by atoms with van der Waals surface area (Å²) in [5, 5.41) is 7.77. The van der Waals surface area contributed by atoms with Gasteiger partial charge in [-0.3, -0.25) is 4.79 Å². The van der Waals surface area contributed by atoms with Gasteiger partial charge in [-0.15, -0.1) is 0 Å². The van der Waals surface area contributed by atoms with Crippen LogP contribution in [0.4, 0.5) is 11.4 Å². The summed E-state index contributed by atoms with van der Waals surface area (Å²) in [6.45, 7) is 15.5. The Morgan fingerprint density at radius 3 is 2.55 bits per heavy atom. The number of rotatable bonds is 5. The highest BCUT2D eigenvalue weighted by atomic mass is 16.5. The number of likely N-dealkylation sites (N-methyl/N-ethyl adjacent to an activating group) is 1. The lowest BCUT2D eigenvalue weighted by molar-refractivity contribution is 0.102. The van der Waals surface area contributed by atoms with E-state index in [1.165, 1.54) is 5.69 Å². The number of pyridine rings is 1. The Morgan fingerprint density at radius 2 is 1.90 bits per heavy atom. The molecule has 1 fully saturated rings. The number of aryl methyl sites for hydroxylation is 2. The monoisotopic (exact) mass is 421 g/mol. The number of carbonyl (C=O) groups excluding carboxylic acids is 1. The van der Waals surface area contributed by atoms with E-state index in [4.69, 9.17) is 4.52 Å². The van der Waals surface area contributed by atoms with Crippen LogP contribution in [-0.2, 0) is 0 Å². The Labute approximate surface area is 183 Å². The molecular weight excluding hydrogens is 390 g/mol. The van der Waals surface area contributed by atoms with E-state index in [1.54, 1.807) is 0 Å². The molecule has 0 aliphatic carbocycles. The van der Waals surface area contributed by atoms with E-state index in [9.17, 15) is 4.79 Å². The highest BCUT2D eigenvalue weighted by Gasteiger charge is 2.21. The zero-order valence-corrected chi connectivity index (χ0v) is 19.0. The van der Waals surface area contributed by atoms with E-state index in [2.05, 4.69) is 44.3 Å². The molecule has 0 saturated carbocycles. The van der Waals surface area contributed by atoms with Crippen molar-refractivity contribution in [2.75, 3.05) is 42.9 Å². The van der Waals surface area contributed by atoms with Crippen LogP contribution in [0.3, 0.4) is 0 Å². The minimum atomic E-state index is -0.173. The van der Waals surface area contributed by atoms with Gasteiger partial charge in [-0.1, -0.05) is 25.9 Å². The van der Waals surface area contributed by atoms with Crippen LogP contribution < -0.4 is 10.2 Å². The maximum Gasteiger partial charge on any atom is 0.259 e. The van der Waals surface area contributed by atoms with Crippen LogP contribution in [0, 0.1) is 13.8 Å². The van der Waals surface area contributed by atoms with Gasteiger partial charge in [0.15, 0.2) is 0 Å². The lowest BCUT2D eigenvalue weighted by atomic mass is 10.0. The van der Waals surface area contributed by atoms with Crippen molar-refractivity contribution in [2.24, 2.45) is 0 Å². The molecule has 1 aliphatic rings. The number of aromatic nitrogens is 2. The first-order valence-electron chi connectivity index (χ1n) is 11.0. The van der Waals surface area contributed by atoms with Gasteiger partial charge in [-0.25, -0.2) is 4.98 Å².